The van der Waals surface area contributed by atoms with E-state index in [9.17, 15) is 26.2 Å². The van der Waals surface area contributed by atoms with Crippen LogP contribution in [0.4, 0.5) is 17.7 Å². The van der Waals surface area contributed by atoms with Gasteiger partial charge in [0.1, 0.15) is 5.75 Å². The summed E-state index contributed by atoms with van der Waals surface area (Å²) >= 11 is 0. The van der Waals surface area contributed by atoms with Gasteiger partial charge in [0.2, 0.25) is 10.0 Å². The third-order valence-electron chi connectivity index (χ3n) is 8.45. The number of ether oxygens (including phenoxy) is 3. The Labute approximate surface area is 216 Å². The van der Waals surface area contributed by atoms with Crippen LogP contribution in [0.2, 0.25) is 5.31 Å². The molecule has 1 aromatic carbocycles. The van der Waals surface area contributed by atoms with Crippen LogP contribution in [0.1, 0.15) is 44.6 Å². The predicted octanol–water partition coefficient (Wildman–Crippen LogP) is 4.23. The third kappa shape index (κ3) is 5.58. The normalized spacial score (nSPS) is 31.8. The summed E-state index contributed by atoms with van der Waals surface area (Å²) in [6, 6.07) is 5.51. The number of benzene rings is 1. The molecule has 0 N–H and O–H groups in total. The Hall–Kier alpha value is -1.99. The van der Waals surface area contributed by atoms with Crippen molar-refractivity contribution in [3.63, 3.8) is 0 Å². The second-order valence-electron chi connectivity index (χ2n) is 10.7. The number of likely N-dealkylation sites (tertiary alicyclic amines) is 1. The van der Waals surface area contributed by atoms with Crippen molar-refractivity contribution in [3.8, 4) is 5.75 Å². The lowest BCUT2D eigenvalue weighted by Gasteiger charge is -2.37. The van der Waals surface area contributed by atoms with E-state index in [1.54, 1.807) is 31.4 Å². The molecule has 0 aromatic heterocycles. The molecule has 3 fully saturated rings. The van der Waals surface area contributed by atoms with Crippen molar-refractivity contribution >= 4 is 23.1 Å². The highest BCUT2D eigenvalue weighted by Crippen LogP contribution is 2.73. The minimum absolute atomic E-state index is 0.0142. The molecule has 208 valence electrons. The van der Waals surface area contributed by atoms with Gasteiger partial charge in [0.05, 0.1) is 39.2 Å². The smallest absolute Gasteiger partial charge is 0.484 e. The lowest BCUT2D eigenvalue weighted by atomic mass is 9.62. The van der Waals surface area contributed by atoms with Crippen molar-refractivity contribution < 1.29 is 40.4 Å². The monoisotopic (exact) mass is 547 g/mol. The van der Waals surface area contributed by atoms with E-state index >= 15 is 0 Å². The maximum atomic E-state index is 13.5. The first-order chi connectivity index (χ1) is 17.3. The molecule has 2 aliphatic carbocycles. The summed E-state index contributed by atoms with van der Waals surface area (Å²) in [5, 5.41) is -1.51. The Morgan fingerprint density at radius 1 is 1.19 bits per heavy atom. The lowest BCUT2D eigenvalue weighted by Crippen LogP contribution is -2.51. The van der Waals surface area contributed by atoms with Gasteiger partial charge in [-0.3, -0.25) is 4.90 Å². The number of halogens is 3. The van der Waals surface area contributed by atoms with Crippen LogP contribution in [0.3, 0.4) is 0 Å². The number of amides is 1. The van der Waals surface area contributed by atoms with Crippen molar-refractivity contribution in [1.82, 2.24) is 9.21 Å². The molecule has 1 aliphatic heterocycles. The van der Waals surface area contributed by atoms with Crippen LogP contribution in [-0.4, -0.2) is 82.0 Å². The van der Waals surface area contributed by atoms with Crippen LogP contribution in [0, 0.1) is 5.92 Å². The van der Waals surface area contributed by atoms with Crippen molar-refractivity contribution in [2.24, 2.45) is 5.92 Å². The van der Waals surface area contributed by atoms with Crippen LogP contribution in [0.15, 0.2) is 24.3 Å². The number of hydrogen-bond donors (Lipinski definition) is 0. The average Bonchev–Trinajstić information content (AvgIpc) is 3.50. The van der Waals surface area contributed by atoms with Gasteiger partial charge in [-0.15, -0.1) is 0 Å². The largest absolute Gasteiger partial charge is 0.497 e. The zero-order valence-corrected chi connectivity index (χ0v) is 22.4. The second kappa shape index (κ2) is 10.3. The molecule has 0 bridgehead atoms. The van der Waals surface area contributed by atoms with Gasteiger partial charge in [0, 0.05) is 18.6 Å². The van der Waals surface area contributed by atoms with Gasteiger partial charge in [0.15, 0.2) is 0 Å². The van der Waals surface area contributed by atoms with E-state index in [-0.39, 0.29) is 38.1 Å². The number of rotatable bonds is 9. The first-order valence-corrected chi connectivity index (χ1v) is 14.4. The number of sulfonamides is 1. The summed E-state index contributed by atoms with van der Waals surface area (Å²) in [6.07, 6.45) is 1.40. The molecule has 1 amide bonds. The van der Waals surface area contributed by atoms with Gasteiger partial charge in [-0.25, -0.2) is 13.2 Å². The molecule has 1 saturated heterocycles. The van der Waals surface area contributed by atoms with Gasteiger partial charge in [-0.05, 0) is 43.9 Å². The van der Waals surface area contributed by atoms with E-state index in [0.717, 1.165) is 11.8 Å². The fourth-order valence-corrected chi connectivity index (χ4v) is 7.39. The Bertz CT molecular complexity index is 1090. The van der Waals surface area contributed by atoms with Crippen molar-refractivity contribution in [1.29, 1.82) is 0 Å². The summed E-state index contributed by atoms with van der Waals surface area (Å²) in [6.45, 7) is -2.96. The Morgan fingerprint density at radius 2 is 1.86 bits per heavy atom. The van der Waals surface area contributed by atoms with E-state index in [1.807, 2.05) is 6.92 Å². The molecule has 37 heavy (non-hydrogen) atoms. The molecular formula is C24H35BF3N2O6S-. The number of nitrogens with zero attached hydrogens (tertiary/aromatic N) is 2. The molecule has 6 atom stereocenters. The zero-order valence-electron chi connectivity index (χ0n) is 21.6. The number of hydrogen-bond acceptors (Lipinski definition) is 6. The Balaban J connectivity index is 1.52. The van der Waals surface area contributed by atoms with Gasteiger partial charge in [-0.2, -0.15) is 4.31 Å². The third-order valence-corrected chi connectivity index (χ3v) is 9.70. The second-order valence-corrected chi connectivity index (χ2v) is 12.6. The summed E-state index contributed by atoms with van der Waals surface area (Å²) in [7, 11) is -0.892. The first-order valence-electron chi connectivity index (χ1n) is 12.6. The minimum Gasteiger partial charge on any atom is -0.497 e. The summed E-state index contributed by atoms with van der Waals surface area (Å²) in [5.41, 5.74) is 0.751. The maximum Gasteiger partial charge on any atom is 0.484 e. The van der Waals surface area contributed by atoms with Crippen molar-refractivity contribution in [2.45, 2.75) is 75.1 Å². The molecule has 4 rings (SSSR count). The Morgan fingerprint density at radius 3 is 2.41 bits per heavy atom. The van der Waals surface area contributed by atoms with Crippen LogP contribution >= 0.6 is 0 Å². The fraction of sp³-hybridized carbons (Fsp3) is 0.708. The summed E-state index contributed by atoms with van der Waals surface area (Å²) in [5.74, 6) is 0.232. The number of carbonyl (C=O) groups is 1. The maximum absolute atomic E-state index is 13.5. The van der Waals surface area contributed by atoms with E-state index in [4.69, 9.17) is 14.2 Å². The van der Waals surface area contributed by atoms with Crippen molar-refractivity contribution in [3.05, 3.63) is 29.8 Å². The molecule has 0 spiro atoms. The van der Waals surface area contributed by atoms with Gasteiger partial charge >= 0.3 is 13.1 Å². The molecule has 13 heteroatoms. The van der Waals surface area contributed by atoms with E-state index in [0.29, 0.717) is 25.0 Å². The first kappa shape index (κ1) is 28.0. The molecule has 3 unspecified atom stereocenters. The van der Waals surface area contributed by atoms with E-state index in [1.165, 1.54) is 16.3 Å². The lowest BCUT2D eigenvalue weighted by molar-refractivity contribution is -0.0139. The zero-order chi connectivity index (χ0) is 27.2. The summed E-state index contributed by atoms with van der Waals surface area (Å²) < 4.78 is 84.1. The highest BCUT2D eigenvalue weighted by atomic mass is 32.2. The molecule has 1 aromatic rings. The van der Waals surface area contributed by atoms with Crippen molar-refractivity contribution in [2.75, 3.05) is 27.1 Å². The van der Waals surface area contributed by atoms with Gasteiger partial charge in [0.25, 0.3) is 0 Å². The highest BCUT2D eigenvalue weighted by Gasteiger charge is 2.66. The minimum atomic E-state index is -4.88. The fourth-order valence-electron chi connectivity index (χ4n) is 6.28. The molecule has 2 saturated carbocycles. The van der Waals surface area contributed by atoms with E-state index in [2.05, 4.69) is 0 Å². The quantitative estimate of drug-likeness (QED) is 0.431. The average molecular weight is 547 g/mol. The number of fused-ring (bicyclic) bond motifs is 1. The van der Waals surface area contributed by atoms with Crippen LogP contribution in [0.25, 0.3) is 0 Å². The topological polar surface area (TPSA) is 85.4 Å². The van der Waals surface area contributed by atoms with Gasteiger partial charge in [-0.1, -0.05) is 36.2 Å². The van der Waals surface area contributed by atoms with E-state index < -0.39 is 46.4 Å². The molecule has 1 heterocycles. The molecule has 3 aliphatic rings. The molecule has 8 nitrogen and oxygen atoms in total. The standard InChI is InChI=1S/C24H35BF3N2O6S/c1-16-11-21(29(37(4,32)33)14-17-5-7-19(34-2)8-6-17)22(30(16)23(31)35-3)15-36-20-9-10-24(25(26,27)28)13-18(24)12-20/h5-8,16,18,20-22H,9-15H2,1-4H3/q-1/t16-,18?,20?,21+,22+,24?/m1/s1. The van der Waals surface area contributed by atoms with Crippen LogP contribution in [0.5, 0.6) is 5.75 Å². The number of carbonyl (C=O) groups excluding carboxylic acids is 1. The highest BCUT2D eigenvalue weighted by molar-refractivity contribution is 7.88. The van der Waals surface area contributed by atoms with Crippen LogP contribution < -0.4 is 4.74 Å². The van der Waals surface area contributed by atoms with Crippen LogP contribution in [-0.2, 0) is 26.0 Å². The van der Waals surface area contributed by atoms with Gasteiger partial charge < -0.3 is 27.2 Å². The summed E-state index contributed by atoms with van der Waals surface area (Å²) in [4.78, 5) is 14.2. The number of methoxy groups -OCH3 is 2. The molecule has 0 radical (unpaired) electrons. The Kier molecular flexibility index (Phi) is 7.80. The predicted molar refractivity (Wildman–Crippen MR) is 133 cm³/mol. The SMILES string of the molecule is COC(=O)N1[C@H](C)C[C@H](N(Cc2ccc(OC)cc2)S(C)(=O)=O)[C@@H]1COC1CCC2([B-](F)(F)F)CC2C1. The molecular weight excluding hydrogens is 512 g/mol.